The fourth-order valence-corrected chi connectivity index (χ4v) is 4.00. The standard InChI is InChI=1S/C21H31N7S/c1-22-20(24-12-18-29-19-7-3-2-4-8-19)23-11-6-13-27-14-16-28(17-15-27)21-25-9-5-10-26-21/h2-5,7-10H,6,11-18H2,1H3,(H2,22,23,24). The van der Waals surface area contributed by atoms with Gasteiger partial charge in [-0.1, -0.05) is 18.2 Å². The molecule has 1 aliphatic heterocycles. The van der Waals surface area contributed by atoms with Gasteiger partial charge >= 0.3 is 0 Å². The summed E-state index contributed by atoms with van der Waals surface area (Å²) in [5.41, 5.74) is 0. The van der Waals surface area contributed by atoms with Crippen LogP contribution in [0.15, 0.2) is 58.7 Å². The van der Waals surface area contributed by atoms with E-state index >= 15 is 0 Å². The Morgan fingerprint density at radius 2 is 1.72 bits per heavy atom. The summed E-state index contributed by atoms with van der Waals surface area (Å²) in [7, 11) is 1.82. The zero-order valence-corrected chi connectivity index (χ0v) is 17.9. The molecule has 1 saturated heterocycles. The highest BCUT2D eigenvalue weighted by Gasteiger charge is 2.18. The lowest BCUT2D eigenvalue weighted by atomic mass is 10.3. The first-order chi connectivity index (χ1) is 14.3. The van der Waals surface area contributed by atoms with Gasteiger partial charge in [-0.15, -0.1) is 11.8 Å². The lowest BCUT2D eigenvalue weighted by Crippen LogP contribution is -2.47. The van der Waals surface area contributed by atoms with E-state index in [1.165, 1.54) is 4.90 Å². The molecule has 1 fully saturated rings. The SMILES string of the molecule is CN=C(NCCCN1CCN(c2ncccn2)CC1)NCCSc1ccccc1. The van der Waals surface area contributed by atoms with Crippen LogP contribution in [0.2, 0.25) is 0 Å². The molecule has 2 N–H and O–H groups in total. The Hall–Kier alpha value is -2.32. The van der Waals surface area contributed by atoms with E-state index in [0.29, 0.717) is 0 Å². The predicted molar refractivity (Wildman–Crippen MR) is 122 cm³/mol. The molecule has 2 aromatic rings. The Labute approximate surface area is 178 Å². The second kappa shape index (κ2) is 12.3. The predicted octanol–water partition coefficient (Wildman–Crippen LogP) is 1.95. The number of benzene rings is 1. The summed E-state index contributed by atoms with van der Waals surface area (Å²) in [6.07, 6.45) is 4.71. The van der Waals surface area contributed by atoms with Gasteiger partial charge in [-0.05, 0) is 31.2 Å². The summed E-state index contributed by atoms with van der Waals surface area (Å²) in [6.45, 7) is 7.00. The number of piperazine rings is 1. The molecule has 156 valence electrons. The third-order valence-electron chi connectivity index (χ3n) is 4.78. The Morgan fingerprint density at radius 1 is 1.00 bits per heavy atom. The molecule has 0 radical (unpaired) electrons. The van der Waals surface area contributed by atoms with E-state index in [1.54, 1.807) is 0 Å². The number of aromatic nitrogens is 2. The fraction of sp³-hybridized carbons (Fsp3) is 0.476. The first-order valence-electron chi connectivity index (χ1n) is 10.2. The second-order valence-electron chi connectivity index (χ2n) is 6.82. The van der Waals surface area contributed by atoms with Gasteiger partial charge in [-0.3, -0.25) is 9.89 Å². The van der Waals surface area contributed by atoms with Crippen molar-refractivity contribution in [3.8, 4) is 0 Å². The number of guanidine groups is 1. The van der Waals surface area contributed by atoms with Gasteiger partial charge in [0.2, 0.25) is 5.95 Å². The number of thioether (sulfide) groups is 1. The molecule has 0 bridgehead atoms. The molecular formula is C21H31N7S. The van der Waals surface area contributed by atoms with Crippen LogP contribution in [-0.4, -0.2) is 79.4 Å². The first-order valence-corrected chi connectivity index (χ1v) is 11.2. The topological polar surface area (TPSA) is 68.7 Å². The van der Waals surface area contributed by atoms with Crippen LogP contribution in [0.3, 0.4) is 0 Å². The van der Waals surface area contributed by atoms with Crippen molar-refractivity contribution in [3.63, 3.8) is 0 Å². The van der Waals surface area contributed by atoms with Crippen LogP contribution >= 0.6 is 11.8 Å². The molecule has 7 nitrogen and oxygen atoms in total. The molecule has 0 spiro atoms. The second-order valence-corrected chi connectivity index (χ2v) is 7.99. The van der Waals surface area contributed by atoms with Crippen molar-refractivity contribution in [3.05, 3.63) is 48.8 Å². The molecule has 1 aromatic heterocycles. The maximum absolute atomic E-state index is 4.34. The van der Waals surface area contributed by atoms with E-state index in [2.05, 4.69) is 59.7 Å². The van der Waals surface area contributed by atoms with Crippen LogP contribution in [0.5, 0.6) is 0 Å². The average molecular weight is 414 g/mol. The van der Waals surface area contributed by atoms with Gasteiger partial charge in [0.25, 0.3) is 0 Å². The third kappa shape index (κ3) is 7.55. The summed E-state index contributed by atoms with van der Waals surface area (Å²) < 4.78 is 0. The van der Waals surface area contributed by atoms with Crippen LogP contribution < -0.4 is 15.5 Å². The van der Waals surface area contributed by atoms with Crippen LogP contribution in [-0.2, 0) is 0 Å². The molecule has 1 aliphatic rings. The van der Waals surface area contributed by atoms with Crippen LogP contribution in [0.4, 0.5) is 5.95 Å². The number of hydrogen-bond acceptors (Lipinski definition) is 6. The maximum Gasteiger partial charge on any atom is 0.225 e. The van der Waals surface area contributed by atoms with Crippen molar-refractivity contribution in [2.24, 2.45) is 4.99 Å². The van der Waals surface area contributed by atoms with E-state index < -0.39 is 0 Å². The molecule has 0 unspecified atom stereocenters. The third-order valence-corrected chi connectivity index (χ3v) is 5.79. The molecule has 0 amide bonds. The molecular weight excluding hydrogens is 382 g/mol. The van der Waals surface area contributed by atoms with Gasteiger partial charge in [-0.25, -0.2) is 9.97 Å². The average Bonchev–Trinajstić information content (AvgIpc) is 2.79. The Balaban J connectivity index is 1.24. The van der Waals surface area contributed by atoms with E-state index in [9.17, 15) is 0 Å². The highest BCUT2D eigenvalue weighted by atomic mass is 32.2. The van der Waals surface area contributed by atoms with Crippen LogP contribution in [0.1, 0.15) is 6.42 Å². The van der Waals surface area contributed by atoms with Gasteiger partial charge in [0.1, 0.15) is 0 Å². The quantitative estimate of drug-likeness (QED) is 0.282. The van der Waals surface area contributed by atoms with E-state index in [1.807, 2.05) is 43.3 Å². The largest absolute Gasteiger partial charge is 0.356 e. The fourth-order valence-electron chi connectivity index (χ4n) is 3.21. The molecule has 29 heavy (non-hydrogen) atoms. The molecule has 0 saturated carbocycles. The molecule has 2 heterocycles. The van der Waals surface area contributed by atoms with Crippen molar-refractivity contribution >= 4 is 23.7 Å². The molecule has 3 rings (SSSR count). The number of nitrogens with zero attached hydrogens (tertiary/aromatic N) is 5. The van der Waals surface area contributed by atoms with Gasteiger partial charge in [0, 0.05) is 69.4 Å². The lowest BCUT2D eigenvalue weighted by Gasteiger charge is -2.34. The molecule has 0 aliphatic carbocycles. The molecule has 1 aromatic carbocycles. The van der Waals surface area contributed by atoms with E-state index in [-0.39, 0.29) is 0 Å². The zero-order valence-electron chi connectivity index (χ0n) is 17.1. The van der Waals surface area contributed by atoms with Crippen molar-refractivity contribution in [2.75, 3.05) is 63.5 Å². The first kappa shape index (κ1) is 21.4. The molecule has 8 heteroatoms. The highest BCUT2D eigenvalue weighted by molar-refractivity contribution is 7.99. The summed E-state index contributed by atoms with van der Waals surface area (Å²) in [5.74, 6) is 2.74. The van der Waals surface area contributed by atoms with E-state index in [4.69, 9.17) is 0 Å². The van der Waals surface area contributed by atoms with Gasteiger partial charge in [-0.2, -0.15) is 0 Å². The minimum atomic E-state index is 0.842. The minimum Gasteiger partial charge on any atom is -0.356 e. The van der Waals surface area contributed by atoms with E-state index in [0.717, 1.165) is 69.9 Å². The lowest BCUT2D eigenvalue weighted by molar-refractivity contribution is 0.254. The Morgan fingerprint density at radius 3 is 2.45 bits per heavy atom. The Bertz CT molecular complexity index is 718. The minimum absolute atomic E-state index is 0.842. The summed E-state index contributed by atoms with van der Waals surface area (Å²) in [6, 6.07) is 12.3. The van der Waals surface area contributed by atoms with Crippen molar-refractivity contribution in [1.82, 2.24) is 25.5 Å². The normalized spacial score (nSPS) is 15.3. The van der Waals surface area contributed by atoms with Crippen LogP contribution in [0.25, 0.3) is 0 Å². The zero-order chi connectivity index (χ0) is 20.2. The van der Waals surface area contributed by atoms with Gasteiger partial charge in [0.15, 0.2) is 5.96 Å². The Kier molecular flexibility index (Phi) is 9.06. The number of hydrogen-bond donors (Lipinski definition) is 2. The van der Waals surface area contributed by atoms with Crippen molar-refractivity contribution in [1.29, 1.82) is 0 Å². The van der Waals surface area contributed by atoms with Crippen molar-refractivity contribution < 1.29 is 0 Å². The highest BCUT2D eigenvalue weighted by Crippen LogP contribution is 2.15. The van der Waals surface area contributed by atoms with Crippen LogP contribution in [0, 0.1) is 0 Å². The number of rotatable bonds is 9. The monoisotopic (exact) mass is 413 g/mol. The number of nitrogens with one attached hydrogen (secondary N) is 2. The van der Waals surface area contributed by atoms with Crippen molar-refractivity contribution in [2.45, 2.75) is 11.3 Å². The van der Waals surface area contributed by atoms with Gasteiger partial charge < -0.3 is 15.5 Å². The van der Waals surface area contributed by atoms with Gasteiger partial charge in [0.05, 0.1) is 0 Å². The number of aliphatic imine (C=N–C) groups is 1. The smallest absolute Gasteiger partial charge is 0.225 e. The summed E-state index contributed by atoms with van der Waals surface area (Å²) in [4.78, 5) is 19.1. The number of anilines is 1. The molecule has 0 atom stereocenters. The maximum atomic E-state index is 4.34. The summed E-state index contributed by atoms with van der Waals surface area (Å²) >= 11 is 1.85. The summed E-state index contributed by atoms with van der Waals surface area (Å²) in [5, 5.41) is 6.80.